The lowest BCUT2D eigenvalue weighted by Gasteiger charge is -2.36. The summed E-state index contributed by atoms with van der Waals surface area (Å²) in [6, 6.07) is 6.00. The van der Waals surface area contributed by atoms with Crippen LogP contribution >= 0.6 is 0 Å². The Kier molecular flexibility index (Phi) is 5.92. The second-order valence-corrected chi connectivity index (χ2v) is 5.79. The molecule has 0 aromatic carbocycles. The number of pyridine rings is 1. The van der Waals surface area contributed by atoms with E-state index in [1.54, 1.807) is 0 Å². The number of aromatic hydroxyl groups is 1. The summed E-state index contributed by atoms with van der Waals surface area (Å²) in [4.78, 5) is 6.32. The lowest BCUT2D eigenvalue weighted by atomic mass is 10.1. The van der Waals surface area contributed by atoms with Crippen LogP contribution in [0.15, 0.2) is 24.4 Å². The number of rotatable bonds is 2. The fourth-order valence-corrected chi connectivity index (χ4v) is 2.80. The zero-order valence-corrected chi connectivity index (χ0v) is 14.7. The molecule has 0 spiro atoms. The molecule has 0 amide bonds. The maximum Gasteiger partial charge on any atom is 0.151 e. The molecule has 0 unspecified atom stereocenters. The Labute approximate surface area is 142 Å². The Morgan fingerprint density at radius 3 is 2.38 bits per heavy atom. The van der Waals surface area contributed by atoms with Crippen LogP contribution in [0.1, 0.15) is 27.7 Å². The van der Waals surface area contributed by atoms with E-state index >= 15 is 0 Å². The van der Waals surface area contributed by atoms with Crippen LogP contribution in [0.5, 0.6) is 5.75 Å². The standard InChI is InChI=1S/C15H20N6O.C2H6/c1-9-7-21(8-10(2)18-9)14-4-3-12(19-20-14)15-13(22)5-11(16)6-17-15;1-2/h3-6,9-10,18,22H,7-8,16H2,1-2H3;1-2H3/t9-,10+;. The van der Waals surface area contributed by atoms with Gasteiger partial charge in [0.25, 0.3) is 0 Å². The Balaban J connectivity index is 0.00000100. The molecule has 4 N–H and O–H groups in total. The lowest BCUT2D eigenvalue weighted by molar-refractivity contribution is 0.404. The summed E-state index contributed by atoms with van der Waals surface area (Å²) in [6.07, 6.45) is 1.49. The number of aromatic nitrogens is 3. The Morgan fingerprint density at radius 2 is 1.83 bits per heavy atom. The van der Waals surface area contributed by atoms with Crippen molar-refractivity contribution in [2.45, 2.75) is 39.8 Å². The van der Waals surface area contributed by atoms with E-state index in [1.165, 1.54) is 12.3 Å². The van der Waals surface area contributed by atoms with Crippen molar-refractivity contribution in [2.24, 2.45) is 0 Å². The number of nitrogens with one attached hydrogen (secondary N) is 1. The van der Waals surface area contributed by atoms with Crippen LogP contribution in [0.25, 0.3) is 11.4 Å². The Hall–Kier alpha value is -2.41. The van der Waals surface area contributed by atoms with Crippen molar-refractivity contribution >= 4 is 11.5 Å². The number of hydrogen-bond donors (Lipinski definition) is 3. The molecular weight excluding hydrogens is 304 g/mol. The van der Waals surface area contributed by atoms with E-state index in [4.69, 9.17) is 5.73 Å². The highest BCUT2D eigenvalue weighted by Crippen LogP contribution is 2.27. The second-order valence-electron chi connectivity index (χ2n) is 5.79. The number of nitrogens with two attached hydrogens (primary N) is 1. The smallest absolute Gasteiger partial charge is 0.151 e. The molecule has 3 rings (SSSR count). The average Bonchev–Trinajstić information content (AvgIpc) is 2.56. The minimum atomic E-state index is 0.00599. The fourth-order valence-electron chi connectivity index (χ4n) is 2.80. The lowest BCUT2D eigenvalue weighted by Crippen LogP contribution is -2.54. The Bertz CT molecular complexity index is 651. The molecule has 2 aromatic heterocycles. The van der Waals surface area contributed by atoms with E-state index in [1.807, 2.05) is 26.0 Å². The summed E-state index contributed by atoms with van der Waals surface area (Å²) < 4.78 is 0. The predicted molar refractivity (Wildman–Crippen MR) is 97.0 cm³/mol. The molecule has 1 fully saturated rings. The minimum absolute atomic E-state index is 0.00599. The van der Waals surface area contributed by atoms with Gasteiger partial charge in [-0.25, -0.2) is 4.98 Å². The van der Waals surface area contributed by atoms with Gasteiger partial charge in [0.05, 0.1) is 11.9 Å². The van der Waals surface area contributed by atoms with Gasteiger partial charge in [0.15, 0.2) is 5.82 Å². The van der Waals surface area contributed by atoms with E-state index in [2.05, 4.69) is 39.2 Å². The van der Waals surface area contributed by atoms with Crippen molar-refractivity contribution in [2.75, 3.05) is 23.7 Å². The first-order valence-electron chi connectivity index (χ1n) is 8.32. The van der Waals surface area contributed by atoms with Crippen molar-refractivity contribution in [3.8, 4) is 17.1 Å². The highest BCUT2D eigenvalue weighted by atomic mass is 16.3. The predicted octanol–water partition coefficient (Wildman–Crippen LogP) is 2.04. The highest BCUT2D eigenvalue weighted by Gasteiger charge is 2.22. The van der Waals surface area contributed by atoms with Crippen molar-refractivity contribution in [3.05, 3.63) is 24.4 Å². The third kappa shape index (κ3) is 4.11. The van der Waals surface area contributed by atoms with Gasteiger partial charge in [-0.1, -0.05) is 13.8 Å². The molecule has 1 aliphatic rings. The van der Waals surface area contributed by atoms with Crippen LogP contribution < -0.4 is 16.0 Å². The molecule has 0 aliphatic carbocycles. The highest BCUT2D eigenvalue weighted by molar-refractivity contribution is 5.65. The molecule has 0 radical (unpaired) electrons. The molecule has 7 nitrogen and oxygen atoms in total. The number of piperazine rings is 1. The van der Waals surface area contributed by atoms with Crippen LogP contribution in [-0.4, -0.2) is 45.5 Å². The molecule has 1 saturated heterocycles. The van der Waals surface area contributed by atoms with E-state index in [0.717, 1.165) is 18.9 Å². The summed E-state index contributed by atoms with van der Waals surface area (Å²) >= 11 is 0. The van der Waals surface area contributed by atoms with Gasteiger partial charge in [-0.2, -0.15) is 0 Å². The van der Waals surface area contributed by atoms with Crippen LogP contribution in [0.4, 0.5) is 11.5 Å². The maximum atomic E-state index is 9.90. The van der Waals surface area contributed by atoms with Gasteiger partial charge in [-0.3, -0.25) is 0 Å². The van der Waals surface area contributed by atoms with E-state index in [-0.39, 0.29) is 5.75 Å². The van der Waals surface area contributed by atoms with Crippen molar-refractivity contribution in [1.82, 2.24) is 20.5 Å². The topological polar surface area (TPSA) is 100 Å². The van der Waals surface area contributed by atoms with Crippen LogP contribution in [0, 0.1) is 0 Å². The molecule has 3 heterocycles. The van der Waals surface area contributed by atoms with Gasteiger partial charge >= 0.3 is 0 Å². The molecule has 1 aliphatic heterocycles. The van der Waals surface area contributed by atoms with E-state index in [0.29, 0.717) is 29.2 Å². The first-order chi connectivity index (χ1) is 11.5. The zero-order valence-electron chi connectivity index (χ0n) is 14.7. The Morgan fingerprint density at radius 1 is 1.17 bits per heavy atom. The molecule has 0 saturated carbocycles. The number of nitrogen functional groups attached to an aromatic ring is 1. The van der Waals surface area contributed by atoms with Gasteiger partial charge in [-0.15, -0.1) is 10.2 Å². The molecule has 2 atom stereocenters. The quantitative estimate of drug-likeness (QED) is 0.774. The third-order valence-corrected chi connectivity index (χ3v) is 3.66. The molecule has 0 bridgehead atoms. The van der Waals surface area contributed by atoms with Crippen molar-refractivity contribution in [1.29, 1.82) is 0 Å². The summed E-state index contributed by atoms with van der Waals surface area (Å²) in [5.41, 5.74) is 6.90. The largest absolute Gasteiger partial charge is 0.506 e. The SMILES string of the molecule is CC.C[C@@H]1CN(c2ccc(-c3ncc(N)cc3O)nn2)C[C@H](C)N1. The van der Waals surface area contributed by atoms with E-state index < -0.39 is 0 Å². The fraction of sp³-hybridized carbons (Fsp3) is 0.471. The first-order valence-corrected chi connectivity index (χ1v) is 8.32. The van der Waals surface area contributed by atoms with Crippen LogP contribution in [-0.2, 0) is 0 Å². The summed E-state index contributed by atoms with van der Waals surface area (Å²) in [7, 11) is 0. The van der Waals surface area contributed by atoms with Crippen LogP contribution in [0.2, 0.25) is 0 Å². The summed E-state index contributed by atoms with van der Waals surface area (Å²) in [5, 5.41) is 21.9. The summed E-state index contributed by atoms with van der Waals surface area (Å²) in [5.74, 6) is 0.838. The minimum Gasteiger partial charge on any atom is -0.506 e. The number of nitrogens with zero attached hydrogens (tertiary/aromatic N) is 4. The molecule has 7 heteroatoms. The van der Waals surface area contributed by atoms with Gasteiger partial charge in [0.2, 0.25) is 0 Å². The van der Waals surface area contributed by atoms with Gasteiger partial charge in [-0.05, 0) is 26.0 Å². The van der Waals surface area contributed by atoms with Gasteiger partial charge < -0.3 is 21.1 Å². The number of hydrogen-bond acceptors (Lipinski definition) is 7. The van der Waals surface area contributed by atoms with E-state index in [9.17, 15) is 5.11 Å². The summed E-state index contributed by atoms with van der Waals surface area (Å²) in [6.45, 7) is 10.1. The monoisotopic (exact) mass is 330 g/mol. The zero-order chi connectivity index (χ0) is 17.7. The third-order valence-electron chi connectivity index (χ3n) is 3.66. The van der Waals surface area contributed by atoms with Gasteiger partial charge in [0, 0.05) is 31.2 Å². The number of anilines is 2. The van der Waals surface area contributed by atoms with Gasteiger partial charge in [0.1, 0.15) is 17.1 Å². The van der Waals surface area contributed by atoms with Crippen molar-refractivity contribution in [3.63, 3.8) is 0 Å². The molecular formula is C17H26N6O. The maximum absolute atomic E-state index is 9.90. The molecule has 2 aromatic rings. The van der Waals surface area contributed by atoms with Crippen molar-refractivity contribution < 1.29 is 5.11 Å². The van der Waals surface area contributed by atoms with Crippen LogP contribution in [0.3, 0.4) is 0 Å². The molecule has 130 valence electrons. The second kappa shape index (κ2) is 7.92. The first kappa shape index (κ1) is 17.9. The molecule has 24 heavy (non-hydrogen) atoms. The normalized spacial score (nSPS) is 20.2. The average molecular weight is 330 g/mol.